The summed E-state index contributed by atoms with van der Waals surface area (Å²) in [5, 5.41) is 0. The summed E-state index contributed by atoms with van der Waals surface area (Å²) in [6.45, 7) is 7.48. The molecule has 0 aromatic heterocycles. The van der Waals surface area contributed by atoms with Crippen LogP contribution in [0.15, 0.2) is 79.9 Å². The molecule has 2 rings (SSSR count). The molecule has 0 aliphatic heterocycles. The van der Waals surface area contributed by atoms with Crippen molar-refractivity contribution in [2.45, 2.75) is 12.8 Å². The molecular formula is C25H24O7. The minimum absolute atomic E-state index is 0.320. The van der Waals surface area contributed by atoms with Gasteiger partial charge in [-0.3, -0.25) is 0 Å². The fraction of sp³-hybridized carbons (Fsp3) is 0.160. The topological polar surface area (TPSA) is 88.1 Å². The third kappa shape index (κ3) is 9.13. The van der Waals surface area contributed by atoms with Crippen molar-refractivity contribution in [1.29, 1.82) is 0 Å². The maximum atomic E-state index is 12.0. The van der Waals surface area contributed by atoms with Crippen LogP contribution in [-0.2, 0) is 19.1 Å². The van der Waals surface area contributed by atoms with Crippen molar-refractivity contribution >= 4 is 24.0 Å². The molecule has 2 aromatic rings. The first kappa shape index (κ1) is 24.1. The van der Waals surface area contributed by atoms with Crippen LogP contribution in [0, 0.1) is 0 Å². The van der Waals surface area contributed by atoms with Gasteiger partial charge < -0.3 is 18.9 Å². The first-order valence-corrected chi connectivity index (χ1v) is 9.86. The molecule has 0 atom stereocenters. The van der Waals surface area contributed by atoms with Crippen molar-refractivity contribution in [3.05, 3.63) is 85.5 Å². The second-order valence-corrected chi connectivity index (χ2v) is 6.35. The van der Waals surface area contributed by atoms with Crippen LogP contribution in [0.5, 0.6) is 17.2 Å². The van der Waals surface area contributed by atoms with Crippen molar-refractivity contribution < 1.29 is 33.3 Å². The minimum Gasteiger partial charge on any atom is -0.494 e. The van der Waals surface area contributed by atoms with Crippen LogP contribution in [0.1, 0.15) is 18.4 Å². The molecule has 32 heavy (non-hydrogen) atoms. The zero-order valence-corrected chi connectivity index (χ0v) is 17.5. The van der Waals surface area contributed by atoms with Gasteiger partial charge in [0.2, 0.25) is 0 Å². The summed E-state index contributed by atoms with van der Waals surface area (Å²) in [5.74, 6) is -0.198. The van der Waals surface area contributed by atoms with Crippen LogP contribution in [0.25, 0.3) is 6.08 Å². The Morgan fingerprint density at radius 2 is 1.22 bits per heavy atom. The summed E-state index contributed by atoms with van der Waals surface area (Å²) < 4.78 is 20.7. The summed E-state index contributed by atoms with van der Waals surface area (Å²) in [4.78, 5) is 34.0. The standard InChI is InChI=1S/C25H24O7/c1-3-23(26)30-18-6-5-17-29-20-10-7-19(8-11-20)9-16-25(28)32-22-14-12-21(13-15-22)31-24(27)4-2/h3-4,7-16H,1-2,5-6,17-18H2/b16-9+. The van der Waals surface area contributed by atoms with Gasteiger partial charge in [0.05, 0.1) is 13.2 Å². The highest BCUT2D eigenvalue weighted by atomic mass is 16.5. The number of unbranched alkanes of at least 4 members (excludes halogenated alkanes) is 1. The summed E-state index contributed by atoms with van der Waals surface area (Å²) >= 11 is 0. The van der Waals surface area contributed by atoms with Crippen LogP contribution in [-0.4, -0.2) is 31.1 Å². The van der Waals surface area contributed by atoms with Gasteiger partial charge in [0, 0.05) is 18.2 Å². The molecule has 7 heteroatoms. The van der Waals surface area contributed by atoms with E-state index in [-0.39, 0.29) is 0 Å². The molecule has 0 spiro atoms. The van der Waals surface area contributed by atoms with Crippen LogP contribution in [0.4, 0.5) is 0 Å². The largest absolute Gasteiger partial charge is 0.494 e. The molecule has 0 fully saturated rings. The molecule has 7 nitrogen and oxygen atoms in total. The van der Waals surface area contributed by atoms with Gasteiger partial charge in [-0.2, -0.15) is 0 Å². The predicted molar refractivity (Wildman–Crippen MR) is 119 cm³/mol. The maximum absolute atomic E-state index is 12.0. The maximum Gasteiger partial charge on any atom is 0.336 e. The van der Waals surface area contributed by atoms with E-state index in [1.165, 1.54) is 30.3 Å². The highest BCUT2D eigenvalue weighted by molar-refractivity contribution is 5.88. The SMILES string of the molecule is C=CC(=O)OCCCCOc1ccc(/C=C/C(=O)Oc2ccc(OC(=O)C=C)cc2)cc1. The highest BCUT2D eigenvalue weighted by Gasteiger charge is 2.04. The van der Waals surface area contributed by atoms with Crippen LogP contribution in [0.2, 0.25) is 0 Å². The number of carbonyl (C=O) groups excluding carboxylic acids is 3. The predicted octanol–water partition coefficient (Wildman–Crippen LogP) is 4.29. The van der Waals surface area contributed by atoms with Crippen LogP contribution < -0.4 is 14.2 Å². The zero-order valence-electron chi connectivity index (χ0n) is 17.5. The Bertz CT molecular complexity index is 957. The van der Waals surface area contributed by atoms with Gasteiger partial charge in [-0.25, -0.2) is 14.4 Å². The molecule has 2 aromatic carbocycles. The normalized spacial score (nSPS) is 10.2. The monoisotopic (exact) mass is 436 g/mol. The Morgan fingerprint density at radius 1 is 0.688 bits per heavy atom. The van der Waals surface area contributed by atoms with Gasteiger partial charge in [0.15, 0.2) is 0 Å². The molecule has 0 amide bonds. The van der Waals surface area contributed by atoms with E-state index in [0.717, 1.165) is 24.1 Å². The molecular weight excluding hydrogens is 412 g/mol. The lowest BCUT2D eigenvalue weighted by Crippen LogP contribution is -2.05. The molecule has 166 valence electrons. The van der Waals surface area contributed by atoms with E-state index < -0.39 is 17.9 Å². The summed E-state index contributed by atoms with van der Waals surface area (Å²) in [5.41, 5.74) is 0.803. The lowest BCUT2D eigenvalue weighted by Gasteiger charge is -2.06. The molecule has 0 unspecified atom stereocenters. The van der Waals surface area contributed by atoms with E-state index in [9.17, 15) is 14.4 Å². The zero-order chi connectivity index (χ0) is 23.2. The van der Waals surface area contributed by atoms with E-state index in [2.05, 4.69) is 13.2 Å². The highest BCUT2D eigenvalue weighted by Crippen LogP contribution is 2.18. The third-order valence-corrected chi connectivity index (χ3v) is 3.94. The van der Waals surface area contributed by atoms with Gasteiger partial charge in [-0.1, -0.05) is 25.3 Å². The van der Waals surface area contributed by atoms with E-state index in [0.29, 0.717) is 36.9 Å². The fourth-order valence-electron chi connectivity index (χ4n) is 2.35. The number of carbonyl (C=O) groups is 3. The lowest BCUT2D eigenvalue weighted by atomic mass is 10.2. The van der Waals surface area contributed by atoms with Gasteiger partial charge >= 0.3 is 17.9 Å². The van der Waals surface area contributed by atoms with E-state index in [1.807, 2.05) is 12.1 Å². The molecule has 0 aliphatic rings. The number of hydrogen-bond acceptors (Lipinski definition) is 7. The minimum atomic E-state index is -0.569. The molecule has 0 bridgehead atoms. The first-order chi connectivity index (χ1) is 15.5. The number of rotatable bonds is 12. The Kier molecular flexibility index (Phi) is 9.98. The van der Waals surface area contributed by atoms with E-state index in [1.54, 1.807) is 18.2 Å². The second-order valence-electron chi connectivity index (χ2n) is 6.35. The Balaban J connectivity index is 1.73. The van der Waals surface area contributed by atoms with E-state index in [4.69, 9.17) is 18.9 Å². The van der Waals surface area contributed by atoms with Crippen molar-refractivity contribution in [2.75, 3.05) is 13.2 Å². The van der Waals surface area contributed by atoms with Crippen molar-refractivity contribution in [2.24, 2.45) is 0 Å². The van der Waals surface area contributed by atoms with Crippen molar-refractivity contribution in [3.8, 4) is 17.2 Å². The average Bonchev–Trinajstić information content (AvgIpc) is 2.81. The van der Waals surface area contributed by atoms with Crippen LogP contribution in [0.3, 0.4) is 0 Å². The second kappa shape index (κ2) is 13.2. The number of hydrogen-bond donors (Lipinski definition) is 0. The molecule has 0 heterocycles. The van der Waals surface area contributed by atoms with Gasteiger partial charge in [-0.15, -0.1) is 0 Å². The first-order valence-electron chi connectivity index (χ1n) is 9.86. The molecule has 0 radical (unpaired) electrons. The summed E-state index contributed by atoms with van der Waals surface area (Å²) in [6, 6.07) is 13.3. The molecule has 0 saturated heterocycles. The number of ether oxygens (including phenoxy) is 4. The van der Waals surface area contributed by atoms with Gasteiger partial charge in [0.25, 0.3) is 0 Å². The Hall–Kier alpha value is -4.13. The molecule has 0 N–H and O–H groups in total. The van der Waals surface area contributed by atoms with Gasteiger partial charge in [-0.05, 0) is 60.9 Å². The molecule has 0 saturated carbocycles. The summed E-state index contributed by atoms with van der Waals surface area (Å²) in [7, 11) is 0. The fourth-order valence-corrected chi connectivity index (χ4v) is 2.35. The quantitative estimate of drug-likeness (QED) is 0.212. The van der Waals surface area contributed by atoms with Crippen LogP contribution >= 0.6 is 0 Å². The summed E-state index contributed by atoms with van der Waals surface area (Å²) in [6.07, 6.45) is 6.58. The lowest BCUT2D eigenvalue weighted by molar-refractivity contribution is -0.138. The third-order valence-electron chi connectivity index (χ3n) is 3.94. The molecule has 0 aliphatic carbocycles. The van der Waals surface area contributed by atoms with Crippen molar-refractivity contribution in [1.82, 2.24) is 0 Å². The van der Waals surface area contributed by atoms with Crippen molar-refractivity contribution in [3.63, 3.8) is 0 Å². The number of esters is 3. The Morgan fingerprint density at radius 3 is 1.81 bits per heavy atom. The van der Waals surface area contributed by atoms with Gasteiger partial charge in [0.1, 0.15) is 17.2 Å². The average molecular weight is 436 g/mol. The smallest absolute Gasteiger partial charge is 0.336 e. The Labute approximate surface area is 186 Å². The number of benzene rings is 2. The van der Waals surface area contributed by atoms with E-state index >= 15 is 0 Å².